The Morgan fingerprint density at radius 3 is 2.83 bits per heavy atom. The zero-order valence-corrected chi connectivity index (χ0v) is 11.5. The monoisotopic (exact) mass is 305 g/mol. The van der Waals surface area contributed by atoms with E-state index in [4.69, 9.17) is 4.74 Å². The second kappa shape index (κ2) is 5.78. The van der Waals surface area contributed by atoms with Crippen LogP contribution in [0, 0.1) is 0 Å². The lowest BCUT2D eigenvalue weighted by molar-refractivity contribution is 0.0989. The number of nitrogens with zero attached hydrogens (tertiary/aromatic N) is 1. The third-order valence-corrected chi connectivity index (χ3v) is 3.39. The predicted octanol–water partition coefficient (Wildman–Crippen LogP) is 3.28. The van der Waals surface area contributed by atoms with E-state index in [9.17, 15) is 4.79 Å². The minimum absolute atomic E-state index is 0.0150. The number of hydrogen-bond acceptors (Lipinski definition) is 3. The van der Waals surface area contributed by atoms with Gasteiger partial charge in [0.2, 0.25) is 0 Å². The highest BCUT2D eigenvalue weighted by atomic mass is 79.9. The fourth-order valence-electron chi connectivity index (χ4n) is 1.68. The van der Waals surface area contributed by atoms with Crippen LogP contribution in [0.2, 0.25) is 0 Å². The molecule has 18 heavy (non-hydrogen) atoms. The van der Waals surface area contributed by atoms with Gasteiger partial charge in [0.1, 0.15) is 5.75 Å². The maximum absolute atomic E-state index is 12.2. The number of Topliss-reactive ketones (excluding diaryl/α,β-unsaturated/α-hetero) is 1. The fourth-order valence-corrected chi connectivity index (χ4v) is 2.11. The van der Waals surface area contributed by atoms with Crippen LogP contribution in [0.3, 0.4) is 0 Å². The molecule has 0 saturated heterocycles. The largest absolute Gasteiger partial charge is 0.494 e. The molecule has 4 heteroatoms. The number of rotatable bonds is 4. The van der Waals surface area contributed by atoms with Crippen molar-refractivity contribution in [1.29, 1.82) is 0 Å². The number of aromatic nitrogens is 1. The maximum atomic E-state index is 12.2. The first-order valence-electron chi connectivity index (χ1n) is 5.47. The molecule has 0 unspecified atom stereocenters. The number of pyridine rings is 1. The molecule has 0 saturated carbocycles. The van der Waals surface area contributed by atoms with Gasteiger partial charge < -0.3 is 4.74 Å². The van der Waals surface area contributed by atoms with Crippen LogP contribution in [0.25, 0.3) is 0 Å². The summed E-state index contributed by atoms with van der Waals surface area (Å²) in [4.78, 5) is 16.2. The van der Waals surface area contributed by atoms with Crippen LogP contribution in [-0.4, -0.2) is 17.9 Å². The van der Waals surface area contributed by atoms with Crippen LogP contribution >= 0.6 is 15.9 Å². The van der Waals surface area contributed by atoms with Crippen LogP contribution in [0.15, 0.2) is 47.2 Å². The summed E-state index contributed by atoms with van der Waals surface area (Å²) in [5.41, 5.74) is 1.52. The Morgan fingerprint density at radius 2 is 2.11 bits per heavy atom. The maximum Gasteiger partial charge on any atom is 0.171 e. The summed E-state index contributed by atoms with van der Waals surface area (Å²) in [5, 5.41) is 0. The Kier molecular flexibility index (Phi) is 4.10. The Morgan fingerprint density at radius 1 is 1.33 bits per heavy atom. The molecule has 1 aromatic carbocycles. The highest BCUT2D eigenvalue weighted by molar-refractivity contribution is 9.10. The zero-order chi connectivity index (χ0) is 13.0. The minimum atomic E-state index is 0.0150. The van der Waals surface area contributed by atoms with Crippen LogP contribution in [0.5, 0.6) is 5.75 Å². The van der Waals surface area contributed by atoms with E-state index < -0.39 is 0 Å². The molecule has 0 aliphatic heterocycles. The van der Waals surface area contributed by atoms with E-state index in [2.05, 4.69) is 20.9 Å². The Hall–Kier alpha value is -1.68. The van der Waals surface area contributed by atoms with Crippen LogP contribution < -0.4 is 4.74 Å². The van der Waals surface area contributed by atoms with E-state index >= 15 is 0 Å². The molecule has 0 fully saturated rings. The van der Waals surface area contributed by atoms with Gasteiger partial charge in [0.05, 0.1) is 18.9 Å². The second-order valence-corrected chi connectivity index (χ2v) is 4.62. The topological polar surface area (TPSA) is 39.2 Å². The summed E-state index contributed by atoms with van der Waals surface area (Å²) in [5.74, 6) is 0.524. The summed E-state index contributed by atoms with van der Waals surface area (Å²) in [6, 6.07) is 9.36. The third kappa shape index (κ3) is 2.76. The molecule has 1 aromatic heterocycles. The van der Waals surface area contributed by atoms with Gasteiger partial charge in [0.15, 0.2) is 5.78 Å². The summed E-state index contributed by atoms with van der Waals surface area (Å²) < 4.78 is 6.08. The van der Waals surface area contributed by atoms with Gasteiger partial charge in [0.25, 0.3) is 0 Å². The highest BCUT2D eigenvalue weighted by Crippen LogP contribution is 2.21. The average Bonchev–Trinajstić information content (AvgIpc) is 2.41. The molecule has 3 nitrogen and oxygen atoms in total. The van der Waals surface area contributed by atoms with Gasteiger partial charge in [-0.25, -0.2) is 0 Å². The van der Waals surface area contributed by atoms with E-state index in [1.165, 1.54) is 7.11 Å². The van der Waals surface area contributed by atoms with Gasteiger partial charge in [-0.15, -0.1) is 0 Å². The molecule has 0 aliphatic rings. The van der Waals surface area contributed by atoms with E-state index in [-0.39, 0.29) is 5.78 Å². The van der Waals surface area contributed by atoms with E-state index in [0.29, 0.717) is 17.7 Å². The number of carbonyl (C=O) groups excluding carboxylic acids is 1. The first-order chi connectivity index (χ1) is 8.72. The minimum Gasteiger partial charge on any atom is -0.494 e. The van der Waals surface area contributed by atoms with Crippen molar-refractivity contribution in [2.45, 2.75) is 6.42 Å². The quantitative estimate of drug-likeness (QED) is 0.814. The van der Waals surface area contributed by atoms with Gasteiger partial charge in [-0.3, -0.25) is 9.78 Å². The number of hydrogen-bond donors (Lipinski definition) is 0. The number of benzene rings is 1. The van der Waals surface area contributed by atoms with Crippen LogP contribution in [0.1, 0.15) is 15.9 Å². The first-order valence-corrected chi connectivity index (χ1v) is 6.26. The molecule has 0 radical (unpaired) electrons. The van der Waals surface area contributed by atoms with Crippen molar-refractivity contribution in [2.24, 2.45) is 0 Å². The van der Waals surface area contributed by atoms with Gasteiger partial charge in [-0.05, 0) is 17.7 Å². The molecule has 0 amide bonds. The molecule has 2 aromatic rings. The lowest BCUT2D eigenvalue weighted by Gasteiger charge is -2.07. The van der Waals surface area contributed by atoms with Crippen molar-refractivity contribution >= 4 is 21.7 Å². The van der Waals surface area contributed by atoms with Crippen molar-refractivity contribution in [3.05, 3.63) is 58.3 Å². The molecule has 1 heterocycles. The van der Waals surface area contributed by atoms with Gasteiger partial charge in [-0.1, -0.05) is 34.1 Å². The first kappa shape index (κ1) is 12.8. The highest BCUT2D eigenvalue weighted by Gasteiger charge is 2.13. The smallest absolute Gasteiger partial charge is 0.171 e. The van der Waals surface area contributed by atoms with Gasteiger partial charge >= 0.3 is 0 Å². The normalized spacial score (nSPS) is 10.1. The third-order valence-electron chi connectivity index (χ3n) is 2.61. The lowest BCUT2D eigenvalue weighted by atomic mass is 10.0. The van der Waals surface area contributed by atoms with E-state index in [1.54, 1.807) is 18.5 Å². The van der Waals surface area contributed by atoms with Gasteiger partial charge in [0, 0.05) is 17.1 Å². The molecule has 2 rings (SSSR count). The second-order valence-electron chi connectivity index (χ2n) is 3.77. The Labute approximate surface area is 114 Å². The van der Waals surface area contributed by atoms with Crippen LogP contribution in [-0.2, 0) is 6.42 Å². The fraction of sp³-hybridized carbons (Fsp3) is 0.143. The molecule has 0 spiro atoms. The van der Waals surface area contributed by atoms with Crippen molar-refractivity contribution in [3.63, 3.8) is 0 Å². The number of ether oxygens (including phenoxy) is 1. The number of methoxy groups -OCH3 is 1. The average molecular weight is 306 g/mol. The van der Waals surface area contributed by atoms with Crippen molar-refractivity contribution in [3.8, 4) is 5.75 Å². The standard InChI is InChI=1S/C14H12BrNO2/c1-18-14-9-16-7-6-11(14)13(17)8-10-4-2-3-5-12(10)15/h2-7,9H,8H2,1H3. The molecule has 0 N–H and O–H groups in total. The summed E-state index contributed by atoms with van der Waals surface area (Å²) in [6.07, 6.45) is 3.48. The molecule has 0 aliphatic carbocycles. The van der Waals surface area contributed by atoms with Crippen molar-refractivity contribution < 1.29 is 9.53 Å². The lowest BCUT2D eigenvalue weighted by Crippen LogP contribution is -2.06. The van der Waals surface area contributed by atoms with Crippen molar-refractivity contribution in [1.82, 2.24) is 4.98 Å². The summed E-state index contributed by atoms with van der Waals surface area (Å²) >= 11 is 3.44. The number of carbonyl (C=O) groups is 1. The molecule has 0 atom stereocenters. The Bertz CT molecular complexity index is 569. The SMILES string of the molecule is COc1cnccc1C(=O)Cc1ccccc1Br. The molecular weight excluding hydrogens is 294 g/mol. The molecular formula is C14H12BrNO2. The predicted molar refractivity (Wildman–Crippen MR) is 73.0 cm³/mol. The zero-order valence-electron chi connectivity index (χ0n) is 9.89. The van der Waals surface area contributed by atoms with Crippen LogP contribution in [0.4, 0.5) is 0 Å². The molecule has 0 bridgehead atoms. The molecule has 92 valence electrons. The van der Waals surface area contributed by atoms with Gasteiger partial charge in [-0.2, -0.15) is 0 Å². The van der Waals surface area contributed by atoms with E-state index in [0.717, 1.165) is 10.0 Å². The summed E-state index contributed by atoms with van der Waals surface area (Å²) in [6.45, 7) is 0. The van der Waals surface area contributed by atoms with Crippen molar-refractivity contribution in [2.75, 3.05) is 7.11 Å². The Balaban J connectivity index is 2.25. The number of ketones is 1. The summed E-state index contributed by atoms with van der Waals surface area (Å²) in [7, 11) is 1.53. The van der Waals surface area contributed by atoms with E-state index in [1.807, 2.05) is 24.3 Å². The number of halogens is 1.